The van der Waals surface area contributed by atoms with Crippen molar-refractivity contribution in [3.8, 4) is 17.1 Å². The summed E-state index contributed by atoms with van der Waals surface area (Å²) in [6, 6.07) is 17.6. The number of benzene rings is 2. The van der Waals surface area contributed by atoms with Gasteiger partial charge in [0.15, 0.2) is 11.0 Å². The number of hydrogen-bond acceptors (Lipinski definition) is 4. The van der Waals surface area contributed by atoms with Crippen LogP contribution in [0.1, 0.15) is 32.6 Å². The average Bonchev–Trinajstić information content (AvgIpc) is 3.16. The van der Waals surface area contributed by atoms with Crippen molar-refractivity contribution in [1.29, 1.82) is 0 Å². The number of carbonyl (C=O) groups is 1. The predicted molar refractivity (Wildman–Crippen MR) is 120 cm³/mol. The third-order valence-electron chi connectivity index (χ3n) is 4.39. The first-order chi connectivity index (χ1) is 14.2. The molecule has 1 N–H and O–H groups in total. The van der Waals surface area contributed by atoms with E-state index < -0.39 is 0 Å². The summed E-state index contributed by atoms with van der Waals surface area (Å²) in [4.78, 5) is 11.9. The molecule has 1 amide bonds. The molecule has 3 rings (SSSR count). The van der Waals surface area contributed by atoms with Crippen molar-refractivity contribution in [1.82, 2.24) is 20.1 Å². The molecule has 3 aromatic rings. The fourth-order valence-corrected chi connectivity index (χ4v) is 3.99. The first-order valence-electron chi connectivity index (χ1n) is 9.86. The first-order valence-corrected chi connectivity index (χ1v) is 11.2. The summed E-state index contributed by atoms with van der Waals surface area (Å²) in [6.45, 7) is 2.87. The van der Waals surface area contributed by atoms with E-state index in [0.717, 1.165) is 48.0 Å². The van der Waals surface area contributed by atoms with Crippen LogP contribution < -0.4 is 5.32 Å². The largest absolute Gasteiger partial charge is 0.356 e. The number of halogens is 1. The highest BCUT2D eigenvalue weighted by Gasteiger charge is 2.17. The normalized spacial score (nSPS) is 10.8. The monoisotopic (exact) mass is 428 g/mol. The minimum absolute atomic E-state index is 0.111. The van der Waals surface area contributed by atoms with Crippen molar-refractivity contribution in [2.24, 2.45) is 0 Å². The van der Waals surface area contributed by atoms with Crippen LogP contribution in [0.25, 0.3) is 17.1 Å². The second-order valence-electron chi connectivity index (χ2n) is 6.61. The van der Waals surface area contributed by atoms with E-state index in [1.807, 2.05) is 59.2 Å². The van der Waals surface area contributed by atoms with E-state index in [-0.39, 0.29) is 5.91 Å². The molecule has 0 aliphatic carbocycles. The molecule has 152 valence electrons. The van der Waals surface area contributed by atoms with Crippen molar-refractivity contribution in [3.63, 3.8) is 0 Å². The molecule has 0 aliphatic heterocycles. The van der Waals surface area contributed by atoms with Gasteiger partial charge in [0, 0.05) is 30.0 Å². The Bertz CT molecular complexity index is 930. The molecule has 2 aromatic carbocycles. The van der Waals surface area contributed by atoms with E-state index in [2.05, 4.69) is 22.4 Å². The SMILES string of the molecule is CCCCNC(=O)CCCSc1nnc(-c2ccccc2Cl)n1-c1ccccc1. The van der Waals surface area contributed by atoms with Crippen molar-refractivity contribution in [2.45, 2.75) is 37.8 Å². The zero-order chi connectivity index (χ0) is 20.5. The zero-order valence-corrected chi connectivity index (χ0v) is 18.0. The van der Waals surface area contributed by atoms with E-state index >= 15 is 0 Å². The van der Waals surface area contributed by atoms with E-state index in [1.54, 1.807) is 11.8 Å². The van der Waals surface area contributed by atoms with Gasteiger partial charge in [0.25, 0.3) is 0 Å². The predicted octanol–water partition coefficient (Wildman–Crippen LogP) is 5.38. The number of carbonyl (C=O) groups excluding carboxylic acids is 1. The number of amides is 1. The van der Waals surface area contributed by atoms with Crippen molar-refractivity contribution in [2.75, 3.05) is 12.3 Å². The lowest BCUT2D eigenvalue weighted by Crippen LogP contribution is -2.24. The maximum Gasteiger partial charge on any atom is 0.220 e. The number of rotatable bonds is 10. The molecule has 7 heteroatoms. The van der Waals surface area contributed by atoms with Crippen LogP contribution in [0.5, 0.6) is 0 Å². The lowest BCUT2D eigenvalue weighted by atomic mass is 10.2. The van der Waals surface area contributed by atoms with Gasteiger partial charge in [-0.25, -0.2) is 0 Å². The van der Waals surface area contributed by atoms with Gasteiger partial charge < -0.3 is 5.32 Å². The van der Waals surface area contributed by atoms with Gasteiger partial charge in [-0.3, -0.25) is 9.36 Å². The topological polar surface area (TPSA) is 59.8 Å². The Labute approximate surface area is 180 Å². The fraction of sp³-hybridized carbons (Fsp3) is 0.318. The first kappa shape index (κ1) is 21.4. The molecule has 0 bridgehead atoms. The fourth-order valence-electron chi connectivity index (χ4n) is 2.88. The number of aromatic nitrogens is 3. The summed E-state index contributed by atoms with van der Waals surface area (Å²) in [5.74, 6) is 1.61. The lowest BCUT2D eigenvalue weighted by molar-refractivity contribution is -0.121. The molecule has 0 spiro atoms. The Hall–Kier alpha value is -2.31. The van der Waals surface area contributed by atoms with E-state index in [4.69, 9.17) is 11.6 Å². The number of thioether (sulfide) groups is 1. The quantitative estimate of drug-likeness (QED) is 0.348. The minimum atomic E-state index is 0.111. The standard InChI is InChI=1S/C22H25ClN4OS/c1-2-3-15-24-20(28)14-9-16-29-22-26-25-21(18-12-7-8-13-19(18)23)27(22)17-10-5-4-6-11-17/h4-8,10-13H,2-3,9,14-16H2,1H3,(H,24,28). The van der Waals surface area contributed by atoms with Gasteiger partial charge in [-0.2, -0.15) is 0 Å². The molecule has 0 radical (unpaired) electrons. The molecular formula is C22H25ClN4OS. The van der Waals surface area contributed by atoms with Gasteiger partial charge in [-0.15, -0.1) is 10.2 Å². The highest BCUT2D eigenvalue weighted by molar-refractivity contribution is 7.99. The number of para-hydroxylation sites is 1. The van der Waals surface area contributed by atoms with E-state index in [1.165, 1.54) is 0 Å². The van der Waals surface area contributed by atoms with Gasteiger partial charge in [0.1, 0.15) is 0 Å². The van der Waals surface area contributed by atoms with E-state index in [0.29, 0.717) is 17.3 Å². The highest BCUT2D eigenvalue weighted by atomic mass is 35.5. The Morgan fingerprint density at radius 1 is 1.07 bits per heavy atom. The molecule has 5 nitrogen and oxygen atoms in total. The average molecular weight is 429 g/mol. The maximum atomic E-state index is 11.9. The number of nitrogens with zero attached hydrogens (tertiary/aromatic N) is 3. The Balaban J connectivity index is 1.73. The lowest BCUT2D eigenvalue weighted by Gasteiger charge is -2.11. The molecule has 0 fully saturated rings. The second-order valence-corrected chi connectivity index (χ2v) is 8.08. The van der Waals surface area contributed by atoms with Gasteiger partial charge in [-0.1, -0.05) is 67.0 Å². The number of nitrogens with one attached hydrogen (secondary N) is 1. The second kappa shape index (κ2) is 11.0. The Kier molecular flexibility index (Phi) is 8.14. The summed E-state index contributed by atoms with van der Waals surface area (Å²) in [5.41, 5.74) is 1.82. The van der Waals surface area contributed by atoms with Crippen molar-refractivity contribution < 1.29 is 4.79 Å². The highest BCUT2D eigenvalue weighted by Crippen LogP contribution is 2.32. The molecule has 1 aromatic heterocycles. The summed E-state index contributed by atoms with van der Waals surface area (Å²) in [6.07, 6.45) is 3.41. The number of hydrogen-bond donors (Lipinski definition) is 1. The van der Waals surface area contributed by atoms with Crippen LogP contribution in [-0.4, -0.2) is 33.0 Å². The van der Waals surface area contributed by atoms with Gasteiger partial charge in [0.2, 0.25) is 5.91 Å². The summed E-state index contributed by atoms with van der Waals surface area (Å²) < 4.78 is 2.02. The maximum absolute atomic E-state index is 11.9. The molecule has 1 heterocycles. The van der Waals surface area contributed by atoms with Crippen LogP contribution >= 0.6 is 23.4 Å². The summed E-state index contributed by atoms with van der Waals surface area (Å²) in [7, 11) is 0. The molecule has 0 saturated carbocycles. The van der Waals surface area contributed by atoms with Crippen LogP contribution in [0.15, 0.2) is 59.8 Å². The smallest absolute Gasteiger partial charge is 0.220 e. The van der Waals surface area contributed by atoms with Gasteiger partial charge >= 0.3 is 0 Å². The minimum Gasteiger partial charge on any atom is -0.356 e. The molecule has 0 saturated heterocycles. The van der Waals surface area contributed by atoms with Crippen molar-refractivity contribution >= 4 is 29.3 Å². The summed E-state index contributed by atoms with van der Waals surface area (Å²) >= 11 is 8.01. The van der Waals surface area contributed by atoms with Gasteiger partial charge in [-0.05, 0) is 37.1 Å². The molecular weight excluding hydrogens is 404 g/mol. The van der Waals surface area contributed by atoms with Crippen LogP contribution in [0.4, 0.5) is 0 Å². The van der Waals surface area contributed by atoms with Gasteiger partial charge in [0.05, 0.1) is 5.02 Å². The molecule has 0 aliphatic rings. The third kappa shape index (κ3) is 5.84. The van der Waals surface area contributed by atoms with E-state index in [9.17, 15) is 4.79 Å². The van der Waals surface area contributed by atoms with Crippen LogP contribution in [-0.2, 0) is 4.79 Å². The molecule has 0 unspecified atom stereocenters. The van der Waals surface area contributed by atoms with Crippen LogP contribution in [0, 0.1) is 0 Å². The Morgan fingerprint density at radius 2 is 1.83 bits per heavy atom. The summed E-state index contributed by atoms with van der Waals surface area (Å²) in [5, 5.41) is 13.2. The van der Waals surface area contributed by atoms with Crippen LogP contribution in [0.3, 0.4) is 0 Å². The third-order valence-corrected chi connectivity index (χ3v) is 5.74. The molecule has 29 heavy (non-hydrogen) atoms. The van der Waals surface area contributed by atoms with Crippen LogP contribution in [0.2, 0.25) is 5.02 Å². The number of unbranched alkanes of at least 4 members (excludes halogenated alkanes) is 1. The van der Waals surface area contributed by atoms with Crippen molar-refractivity contribution in [3.05, 3.63) is 59.6 Å². The molecule has 0 atom stereocenters. The Morgan fingerprint density at radius 3 is 2.59 bits per heavy atom. The zero-order valence-electron chi connectivity index (χ0n) is 16.5.